The minimum atomic E-state index is -2.92. The van der Waals surface area contributed by atoms with Crippen molar-refractivity contribution in [2.24, 2.45) is 0 Å². The van der Waals surface area contributed by atoms with Crippen LogP contribution in [-0.4, -0.2) is 12.1 Å². The topological polar surface area (TPSA) is 57.9 Å². The standard InChI is InChI=1S/C11H7F2NO2/c1-6(16)7-2-8(4-14)10(11(12)13)9(3-7)5-15/h2-3,5,11H,1H3. The summed E-state index contributed by atoms with van der Waals surface area (Å²) in [7, 11) is 0. The molecule has 1 aromatic rings. The van der Waals surface area contributed by atoms with Gasteiger partial charge in [0, 0.05) is 16.7 Å². The first-order chi connectivity index (χ1) is 7.51. The number of carbonyl (C=O) groups is 2. The number of nitriles is 1. The molecular weight excluding hydrogens is 216 g/mol. The number of alkyl halides is 2. The van der Waals surface area contributed by atoms with Gasteiger partial charge < -0.3 is 0 Å². The monoisotopic (exact) mass is 223 g/mol. The molecule has 16 heavy (non-hydrogen) atoms. The van der Waals surface area contributed by atoms with Crippen LogP contribution in [0.4, 0.5) is 8.78 Å². The molecule has 5 heteroatoms. The minimum absolute atomic E-state index is 0.0723. The number of aldehydes is 1. The Bertz CT molecular complexity index is 489. The summed E-state index contributed by atoms with van der Waals surface area (Å²) in [6.45, 7) is 1.23. The highest BCUT2D eigenvalue weighted by atomic mass is 19.3. The van der Waals surface area contributed by atoms with Crippen molar-refractivity contribution in [3.63, 3.8) is 0 Å². The lowest BCUT2D eigenvalue weighted by Gasteiger charge is -2.07. The molecule has 1 rings (SSSR count). The summed E-state index contributed by atoms with van der Waals surface area (Å²) in [5.41, 5.74) is -1.21. The van der Waals surface area contributed by atoms with Gasteiger partial charge in [-0.3, -0.25) is 9.59 Å². The Morgan fingerprint density at radius 3 is 2.50 bits per heavy atom. The van der Waals surface area contributed by atoms with Gasteiger partial charge in [-0.1, -0.05) is 0 Å². The third-order valence-electron chi connectivity index (χ3n) is 2.08. The van der Waals surface area contributed by atoms with Gasteiger partial charge in [0.05, 0.1) is 11.6 Å². The van der Waals surface area contributed by atoms with Crippen molar-refractivity contribution < 1.29 is 18.4 Å². The number of rotatable bonds is 3. The van der Waals surface area contributed by atoms with E-state index in [-0.39, 0.29) is 28.8 Å². The molecule has 0 aliphatic heterocycles. The second-order valence-corrected chi connectivity index (χ2v) is 3.11. The van der Waals surface area contributed by atoms with E-state index in [0.29, 0.717) is 0 Å². The van der Waals surface area contributed by atoms with Crippen LogP contribution in [-0.2, 0) is 0 Å². The number of halogens is 2. The number of carbonyl (C=O) groups excluding carboxylic acids is 2. The molecule has 1 aromatic carbocycles. The fourth-order valence-corrected chi connectivity index (χ4v) is 1.31. The molecule has 0 saturated heterocycles. The van der Waals surface area contributed by atoms with Gasteiger partial charge >= 0.3 is 0 Å². The molecule has 0 atom stereocenters. The lowest BCUT2D eigenvalue weighted by molar-refractivity contribution is 0.101. The van der Waals surface area contributed by atoms with Gasteiger partial charge in [-0.05, 0) is 19.1 Å². The van der Waals surface area contributed by atoms with Crippen LogP contribution in [0.15, 0.2) is 12.1 Å². The summed E-state index contributed by atoms with van der Waals surface area (Å²) in [5.74, 6) is -0.389. The van der Waals surface area contributed by atoms with Crippen LogP contribution >= 0.6 is 0 Å². The van der Waals surface area contributed by atoms with Crippen molar-refractivity contribution in [3.05, 3.63) is 34.4 Å². The van der Waals surface area contributed by atoms with Crippen LogP contribution in [0.5, 0.6) is 0 Å². The second kappa shape index (κ2) is 4.62. The van der Waals surface area contributed by atoms with Gasteiger partial charge in [0.1, 0.15) is 0 Å². The van der Waals surface area contributed by atoms with Gasteiger partial charge in [0.25, 0.3) is 6.43 Å². The van der Waals surface area contributed by atoms with E-state index in [1.54, 1.807) is 6.07 Å². The molecule has 0 radical (unpaired) electrons. The van der Waals surface area contributed by atoms with E-state index in [1.165, 1.54) is 6.92 Å². The first-order valence-corrected chi connectivity index (χ1v) is 4.33. The quantitative estimate of drug-likeness (QED) is 0.584. The van der Waals surface area contributed by atoms with Crippen LogP contribution < -0.4 is 0 Å². The predicted molar refractivity (Wildman–Crippen MR) is 51.5 cm³/mol. The molecule has 0 aliphatic rings. The molecule has 0 aliphatic carbocycles. The van der Waals surface area contributed by atoms with Crippen LogP contribution in [0, 0.1) is 11.3 Å². The molecule has 82 valence electrons. The molecule has 0 amide bonds. The van der Waals surface area contributed by atoms with Crippen molar-refractivity contribution in [3.8, 4) is 6.07 Å². The van der Waals surface area contributed by atoms with Crippen molar-refractivity contribution in [2.75, 3.05) is 0 Å². The normalized spacial score (nSPS) is 9.94. The molecule has 3 nitrogen and oxygen atoms in total. The molecule has 0 unspecified atom stereocenters. The lowest BCUT2D eigenvalue weighted by atomic mass is 9.97. The summed E-state index contributed by atoms with van der Waals surface area (Å²) in [6, 6.07) is 3.69. The van der Waals surface area contributed by atoms with Crippen LogP contribution in [0.25, 0.3) is 0 Å². The van der Waals surface area contributed by atoms with Crippen LogP contribution in [0.3, 0.4) is 0 Å². The molecule has 0 bridgehead atoms. The fraction of sp³-hybridized carbons (Fsp3) is 0.182. The third kappa shape index (κ3) is 2.11. The number of nitrogens with zero attached hydrogens (tertiary/aromatic N) is 1. The summed E-state index contributed by atoms with van der Waals surface area (Å²) >= 11 is 0. The smallest absolute Gasteiger partial charge is 0.265 e. The molecule has 0 N–H and O–H groups in total. The maximum absolute atomic E-state index is 12.6. The van der Waals surface area contributed by atoms with Crippen molar-refractivity contribution >= 4 is 12.1 Å². The summed E-state index contributed by atoms with van der Waals surface area (Å²) in [4.78, 5) is 21.7. The van der Waals surface area contributed by atoms with E-state index >= 15 is 0 Å². The first-order valence-electron chi connectivity index (χ1n) is 4.33. The lowest BCUT2D eigenvalue weighted by Crippen LogP contribution is -2.02. The van der Waals surface area contributed by atoms with Crippen molar-refractivity contribution in [1.82, 2.24) is 0 Å². The number of Topliss-reactive ketones (excluding diaryl/α,β-unsaturated/α-hetero) is 1. The largest absolute Gasteiger partial charge is 0.298 e. The molecule has 0 aromatic heterocycles. The average molecular weight is 223 g/mol. The molecular formula is C11H7F2NO2. The van der Waals surface area contributed by atoms with E-state index in [2.05, 4.69) is 0 Å². The Kier molecular flexibility index (Phi) is 3.46. The van der Waals surface area contributed by atoms with E-state index in [4.69, 9.17) is 5.26 Å². The molecule has 0 fully saturated rings. The summed E-state index contributed by atoms with van der Waals surface area (Å²) in [5, 5.41) is 8.68. The Balaban J connectivity index is 3.57. The van der Waals surface area contributed by atoms with Crippen molar-refractivity contribution in [1.29, 1.82) is 5.26 Å². The zero-order valence-corrected chi connectivity index (χ0v) is 8.33. The zero-order chi connectivity index (χ0) is 12.3. The maximum atomic E-state index is 12.6. The predicted octanol–water partition coefficient (Wildman–Crippen LogP) is 2.51. The van der Waals surface area contributed by atoms with E-state index in [0.717, 1.165) is 12.1 Å². The van der Waals surface area contributed by atoms with Crippen LogP contribution in [0.2, 0.25) is 0 Å². The van der Waals surface area contributed by atoms with Gasteiger partial charge in [0.2, 0.25) is 0 Å². The van der Waals surface area contributed by atoms with Gasteiger partial charge in [-0.25, -0.2) is 8.78 Å². The highest BCUT2D eigenvalue weighted by Gasteiger charge is 2.19. The second-order valence-electron chi connectivity index (χ2n) is 3.11. The first kappa shape index (κ1) is 12.0. The van der Waals surface area contributed by atoms with Crippen LogP contribution in [0.1, 0.15) is 45.2 Å². The van der Waals surface area contributed by atoms with E-state index in [1.807, 2.05) is 0 Å². The maximum Gasteiger partial charge on any atom is 0.265 e. The van der Waals surface area contributed by atoms with Gasteiger partial charge in [-0.15, -0.1) is 0 Å². The fourth-order valence-electron chi connectivity index (χ4n) is 1.31. The minimum Gasteiger partial charge on any atom is -0.298 e. The zero-order valence-electron chi connectivity index (χ0n) is 8.33. The molecule has 0 saturated carbocycles. The number of hydrogen-bond acceptors (Lipinski definition) is 3. The van der Waals surface area contributed by atoms with E-state index in [9.17, 15) is 18.4 Å². The molecule has 0 heterocycles. The average Bonchev–Trinajstić information content (AvgIpc) is 2.26. The van der Waals surface area contributed by atoms with E-state index < -0.39 is 12.0 Å². The Hall–Kier alpha value is -2.09. The Morgan fingerprint density at radius 2 is 2.12 bits per heavy atom. The highest BCUT2D eigenvalue weighted by Crippen LogP contribution is 2.27. The number of ketones is 1. The SMILES string of the molecule is CC(=O)c1cc(C#N)c(C(F)F)c(C=O)c1. The molecule has 0 spiro atoms. The summed E-state index contributed by atoms with van der Waals surface area (Å²) in [6.07, 6.45) is -2.70. The van der Waals surface area contributed by atoms with Crippen molar-refractivity contribution in [2.45, 2.75) is 13.3 Å². The Labute approximate surface area is 90.3 Å². The third-order valence-corrected chi connectivity index (χ3v) is 2.08. The Morgan fingerprint density at radius 1 is 1.50 bits per heavy atom. The highest BCUT2D eigenvalue weighted by molar-refractivity contribution is 5.96. The number of benzene rings is 1. The van der Waals surface area contributed by atoms with Gasteiger partial charge in [-0.2, -0.15) is 5.26 Å². The summed E-state index contributed by atoms with van der Waals surface area (Å²) < 4.78 is 25.2. The number of hydrogen-bond donors (Lipinski definition) is 0. The van der Waals surface area contributed by atoms with Gasteiger partial charge in [0.15, 0.2) is 12.1 Å².